The van der Waals surface area contributed by atoms with Crippen molar-refractivity contribution in [2.45, 2.75) is 44.1 Å². The number of likely N-dealkylation sites (tertiary alicyclic amines) is 1. The molecule has 0 radical (unpaired) electrons. The van der Waals surface area contributed by atoms with Crippen LogP contribution in [0.2, 0.25) is 0 Å². The molecule has 9 nitrogen and oxygen atoms in total. The zero-order valence-corrected chi connectivity index (χ0v) is 19.1. The van der Waals surface area contributed by atoms with Gasteiger partial charge in [0.05, 0.1) is 18.4 Å². The zero-order valence-electron chi connectivity index (χ0n) is 18.3. The fraction of sp³-hybridized carbons (Fsp3) is 0.522. The van der Waals surface area contributed by atoms with E-state index in [0.717, 1.165) is 42.5 Å². The van der Waals surface area contributed by atoms with Gasteiger partial charge in [-0.05, 0) is 50.4 Å². The van der Waals surface area contributed by atoms with Gasteiger partial charge in [0.15, 0.2) is 5.82 Å². The van der Waals surface area contributed by atoms with Crippen LogP contribution in [0.1, 0.15) is 49.0 Å². The average Bonchev–Trinajstić information content (AvgIpc) is 3.74. The highest BCUT2D eigenvalue weighted by Gasteiger charge is 2.49. The SMILES string of the molecule is O=CNC1(C2CCN(C(=O)c3cc(OCC4CC4)nc(-c4cnn5ccsc45)n3)CC2)CC1. The van der Waals surface area contributed by atoms with E-state index in [9.17, 15) is 9.59 Å². The van der Waals surface area contributed by atoms with Crippen LogP contribution in [0.25, 0.3) is 16.2 Å². The molecular weight excluding hydrogens is 440 g/mol. The summed E-state index contributed by atoms with van der Waals surface area (Å²) in [6.07, 6.45) is 10.6. The Labute approximate surface area is 195 Å². The van der Waals surface area contributed by atoms with Crippen LogP contribution in [0, 0.1) is 11.8 Å². The number of rotatable bonds is 8. The predicted octanol–water partition coefficient (Wildman–Crippen LogP) is 2.77. The molecule has 0 bridgehead atoms. The molecule has 6 rings (SSSR count). The molecule has 33 heavy (non-hydrogen) atoms. The van der Waals surface area contributed by atoms with Gasteiger partial charge in [-0.15, -0.1) is 11.3 Å². The lowest BCUT2D eigenvalue weighted by atomic mass is 9.87. The Morgan fingerprint density at radius 3 is 2.79 bits per heavy atom. The van der Waals surface area contributed by atoms with E-state index in [1.165, 1.54) is 12.8 Å². The molecule has 3 aromatic rings. The zero-order chi connectivity index (χ0) is 22.4. The lowest BCUT2D eigenvalue weighted by Crippen LogP contribution is -2.46. The van der Waals surface area contributed by atoms with Crippen LogP contribution in [0.5, 0.6) is 5.88 Å². The van der Waals surface area contributed by atoms with Crippen LogP contribution in [-0.4, -0.2) is 62.0 Å². The van der Waals surface area contributed by atoms with Gasteiger partial charge in [0.25, 0.3) is 5.91 Å². The highest BCUT2D eigenvalue weighted by Crippen LogP contribution is 2.46. The first-order valence-electron chi connectivity index (χ1n) is 11.6. The first-order valence-corrected chi connectivity index (χ1v) is 12.5. The molecule has 2 amide bonds. The molecule has 0 unspecified atom stereocenters. The molecule has 1 aliphatic heterocycles. The first kappa shape index (κ1) is 20.6. The van der Waals surface area contributed by atoms with Gasteiger partial charge in [0.1, 0.15) is 10.5 Å². The third-order valence-electron chi connectivity index (χ3n) is 7.16. The van der Waals surface area contributed by atoms with Crippen LogP contribution < -0.4 is 10.1 Å². The van der Waals surface area contributed by atoms with Crippen molar-refractivity contribution < 1.29 is 14.3 Å². The van der Waals surface area contributed by atoms with E-state index in [-0.39, 0.29) is 11.4 Å². The molecule has 0 spiro atoms. The summed E-state index contributed by atoms with van der Waals surface area (Å²) >= 11 is 1.56. The van der Waals surface area contributed by atoms with Gasteiger partial charge in [-0.2, -0.15) is 10.1 Å². The van der Waals surface area contributed by atoms with Crippen molar-refractivity contribution in [2.75, 3.05) is 19.7 Å². The van der Waals surface area contributed by atoms with E-state index < -0.39 is 0 Å². The van der Waals surface area contributed by atoms with E-state index in [1.807, 2.05) is 16.5 Å². The summed E-state index contributed by atoms with van der Waals surface area (Å²) in [6.45, 7) is 1.93. The summed E-state index contributed by atoms with van der Waals surface area (Å²) in [6, 6.07) is 1.67. The number of amides is 2. The topological polar surface area (TPSA) is 102 Å². The molecule has 2 aliphatic carbocycles. The highest BCUT2D eigenvalue weighted by atomic mass is 32.1. The second-order valence-corrected chi connectivity index (χ2v) is 10.3. The van der Waals surface area contributed by atoms with E-state index in [1.54, 1.807) is 28.1 Å². The summed E-state index contributed by atoms with van der Waals surface area (Å²) < 4.78 is 7.74. The van der Waals surface area contributed by atoms with Gasteiger partial charge < -0.3 is 15.0 Å². The number of fused-ring (bicyclic) bond motifs is 1. The minimum atomic E-state index is -0.101. The summed E-state index contributed by atoms with van der Waals surface area (Å²) in [5, 5.41) is 9.35. The van der Waals surface area contributed by atoms with Crippen LogP contribution in [0.4, 0.5) is 0 Å². The Kier molecular flexibility index (Phi) is 5.05. The fourth-order valence-corrected chi connectivity index (χ4v) is 5.61. The van der Waals surface area contributed by atoms with Crippen LogP contribution in [-0.2, 0) is 4.79 Å². The third-order valence-corrected chi connectivity index (χ3v) is 8.04. The maximum atomic E-state index is 13.4. The molecule has 3 aliphatic rings. The van der Waals surface area contributed by atoms with Crippen LogP contribution in [0.15, 0.2) is 23.8 Å². The molecule has 3 aromatic heterocycles. The first-order chi connectivity index (χ1) is 16.1. The molecule has 4 heterocycles. The number of nitrogens with zero attached hydrogens (tertiary/aromatic N) is 5. The van der Waals surface area contributed by atoms with Crippen molar-refractivity contribution in [3.05, 3.63) is 29.5 Å². The Hall–Kier alpha value is -3.01. The lowest BCUT2D eigenvalue weighted by Gasteiger charge is -2.36. The van der Waals surface area contributed by atoms with E-state index >= 15 is 0 Å². The monoisotopic (exact) mass is 466 g/mol. The van der Waals surface area contributed by atoms with E-state index in [0.29, 0.717) is 48.9 Å². The maximum absolute atomic E-state index is 13.4. The van der Waals surface area contributed by atoms with Gasteiger partial charge in [0.2, 0.25) is 12.3 Å². The molecule has 10 heteroatoms. The number of nitrogens with one attached hydrogen (secondary N) is 1. The molecular formula is C23H26N6O3S. The van der Waals surface area contributed by atoms with Crippen molar-refractivity contribution >= 4 is 28.5 Å². The number of carbonyl (C=O) groups excluding carboxylic acids is 2. The molecule has 0 atom stereocenters. The van der Waals surface area contributed by atoms with Crippen molar-refractivity contribution in [1.82, 2.24) is 29.8 Å². The van der Waals surface area contributed by atoms with E-state index in [4.69, 9.17) is 4.74 Å². The molecule has 2 saturated carbocycles. The van der Waals surface area contributed by atoms with Crippen molar-refractivity contribution in [3.8, 4) is 17.3 Å². The number of hydrogen-bond donors (Lipinski definition) is 1. The largest absolute Gasteiger partial charge is 0.477 e. The number of thiazole rings is 1. The minimum Gasteiger partial charge on any atom is -0.477 e. The molecule has 1 N–H and O–H groups in total. The lowest BCUT2D eigenvalue weighted by molar-refractivity contribution is -0.110. The molecule has 3 fully saturated rings. The standard InChI is InChI=1S/C23H26N6O3S/c30-14-24-23(5-6-23)16-3-7-28(8-4-16)21(31)18-11-19(32-13-15-1-2-15)27-20(26-18)17-12-25-29-9-10-33-22(17)29/h9-12,14-16H,1-8,13H2,(H,24,30). The van der Waals surface area contributed by atoms with Crippen LogP contribution in [0.3, 0.4) is 0 Å². The van der Waals surface area contributed by atoms with Crippen molar-refractivity contribution in [2.24, 2.45) is 11.8 Å². The van der Waals surface area contributed by atoms with Gasteiger partial charge in [-0.3, -0.25) is 9.59 Å². The van der Waals surface area contributed by atoms with Gasteiger partial charge in [-0.25, -0.2) is 9.50 Å². The maximum Gasteiger partial charge on any atom is 0.272 e. The fourth-order valence-electron chi connectivity index (χ4n) is 4.82. The number of hydrogen-bond acceptors (Lipinski definition) is 7. The number of piperidine rings is 1. The Balaban J connectivity index is 1.24. The summed E-state index contributed by atoms with van der Waals surface area (Å²) in [5.41, 5.74) is 1.11. The third kappa shape index (κ3) is 3.96. The average molecular weight is 467 g/mol. The van der Waals surface area contributed by atoms with Gasteiger partial charge in [0, 0.05) is 36.3 Å². The van der Waals surface area contributed by atoms with Crippen molar-refractivity contribution in [3.63, 3.8) is 0 Å². The van der Waals surface area contributed by atoms with Crippen molar-refractivity contribution in [1.29, 1.82) is 0 Å². The molecule has 0 aromatic carbocycles. The summed E-state index contributed by atoms with van der Waals surface area (Å²) in [7, 11) is 0. The minimum absolute atomic E-state index is 0.0443. The quantitative estimate of drug-likeness (QED) is 0.512. The predicted molar refractivity (Wildman–Crippen MR) is 122 cm³/mol. The number of carbonyl (C=O) groups is 2. The van der Waals surface area contributed by atoms with E-state index in [2.05, 4.69) is 20.4 Å². The number of aromatic nitrogens is 4. The van der Waals surface area contributed by atoms with Gasteiger partial charge >= 0.3 is 0 Å². The second kappa shape index (κ2) is 8.09. The Morgan fingerprint density at radius 1 is 1.24 bits per heavy atom. The Bertz CT molecular complexity index is 1190. The molecule has 1 saturated heterocycles. The molecule has 172 valence electrons. The summed E-state index contributed by atoms with van der Waals surface area (Å²) in [5.74, 6) is 1.80. The Morgan fingerprint density at radius 2 is 2.06 bits per heavy atom. The smallest absolute Gasteiger partial charge is 0.272 e. The highest BCUT2D eigenvalue weighted by molar-refractivity contribution is 7.16. The van der Waals surface area contributed by atoms with Gasteiger partial charge in [-0.1, -0.05) is 0 Å². The van der Waals surface area contributed by atoms with Crippen LogP contribution >= 0.6 is 11.3 Å². The summed E-state index contributed by atoms with van der Waals surface area (Å²) in [4.78, 5) is 36.5. The second-order valence-electron chi connectivity index (χ2n) is 9.37. The number of ether oxygens (including phenoxy) is 1. The normalized spacial score (nSPS) is 20.1.